The lowest BCUT2D eigenvalue weighted by Crippen LogP contribution is -2.44. The maximum absolute atomic E-state index is 10.1. The average molecular weight is 252 g/mol. The average Bonchev–Trinajstić information content (AvgIpc) is 1.98. The van der Waals surface area contributed by atoms with Crippen molar-refractivity contribution in [3.05, 3.63) is 0 Å². The van der Waals surface area contributed by atoms with E-state index in [1.807, 2.05) is 21.1 Å². The number of hydrogen-bond acceptors (Lipinski definition) is 3. The van der Waals surface area contributed by atoms with E-state index in [0.29, 0.717) is 4.48 Å². The van der Waals surface area contributed by atoms with Gasteiger partial charge in [-0.3, -0.25) is 0 Å². The zero-order valence-electron chi connectivity index (χ0n) is 11.8. The Morgan fingerprint density at radius 1 is 1.06 bits per heavy atom. The second kappa shape index (κ2) is 7.60. The SMILES string of the molecule is C[N+](C)(C)CC(O)C(=O)O.C[N+](C)(C)CCO. The maximum Gasteiger partial charge on any atom is 0.338 e. The van der Waals surface area contributed by atoms with Gasteiger partial charge in [0.1, 0.15) is 13.1 Å². The summed E-state index contributed by atoms with van der Waals surface area (Å²) in [5.74, 6) is -1.16. The standard InChI is InChI=1S/C6H13NO3.C5H14NO/c1-7(2,3)4-5(8)6(9)10;1-6(2,3)4-5-7/h5,8H,4H2,1-3H3;7H,4-5H2,1-3H3/q;+1/p+1. The smallest absolute Gasteiger partial charge is 0.338 e. The summed E-state index contributed by atoms with van der Waals surface area (Å²) in [5.41, 5.74) is 0. The third kappa shape index (κ3) is 17.9. The minimum atomic E-state index is -1.25. The maximum atomic E-state index is 10.1. The molecule has 0 heterocycles. The Morgan fingerprint density at radius 3 is 1.53 bits per heavy atom. The molecule has 0 rings (SSSR count). The van der Waals surface area contributed by atoms with Crippen LogP contribution in [-0.4, -0.2) is 98.3 Å². The predicted molar refractivity (Wildman–Crippen MR) is 66.5 cm³/mol. The van der Waals surface area contributed by atoms with Crippen LogP contribution in [0, 0.1) is 0 Å². The van der Waals surface area contributed by atoms with E-state index in [0.717, 1.165) is 11.0 Å². The molecule has 0 radical (unpaired) electrons. The van der Waals surface area contributed by atoms with Gasteiger partial charge in [0, 0.05) is 0 Å². The van der Waals surface area contributed by atoms with Crippen LogP contribution in [0.3, 0.4) is 0 Å². The molecular weight excluding hydrogens is 224 g/mol. The highest BCUT2D eigenvalue weighted by Gasteiger charge is 2.21. The van der Waals surface area contributed by atoms with Gasteiger partial charge in [-0.15, -0.1) is 0 Å². The van der Waals surface area contributed by atoms with Crippen LogP contribution in [0.2, 0.25) is 0 Å². The number of carbonyl (C=O) groups is 1. The molecule has 0 saturated heterocycles. The molecule has 0 amide bonds. The Balaban J connectivity index is 0. The molecule has 0 aromatic heterocycles. The van der Waals surface area contributed by atoms with Crippen molar-refractivity contribution >= 4 is 5.97 Å². The summed E-state index contributed by atoms with van der Waals surface area (Å²) < 4.78 is 1.30. The highest BCUT2D eigenvalue weighted by Crippen LogP contribution is 1.94. The third-order valence-electron chi connectivity index (χ3n) is 1.78. The number of nitrogens with zero attached hydrogens (tertiary/aromatic N) is 2. The number of carboxylic acids is 1. The number of hydrogen-bond donors (Lipinski definition) is 3. The van der Waals surface area contributed by atoms with Crippen molar-refractivity contribution in [3.63, 3.8) is 0 Å². The molecule has 6 heteroatoms. The quantitative estimate of drug-likeness (QED) is 0.538. The van der Waals surface area contributed by atoms with Crippen LogP contribution in [0.1, 0.15) is 0 Å². The van der Waals surface area contributed by atoms with Crippen molar-refractivity contribution in [3.8, 4) is 0 Å². The van der Waals surface area contributed by atoms with Crippen LogP contribution in [0.4, 0.5) is 0 Å². The van der Waals surface area contributed by atoms with Gasteiger partial charge in [-0.05, 0) is 0 Å². The monoisotopic (exact) mass is 252 g/mol. The lowest BCUT2D eigenvalue weighted by atomic mass is 10.3. The molecule has 0 spiro atoms. The van der Waals surface area contributed by atoms with Crippen molar-refractivity contribution in [2.45, 2.75) is 6.10 Å². The fourth-order valence-electron chi connectivity index (χ4n) is 0.897. The van der Waals surface area contributed by atoms with Crippen molar-refractivity contribution in [1.29, 1.82) is 0 Å². The van der Waals surface area contributed by atoms with Gasteiger partial charge in [0.15, 0.2) is 0 Å². The Morgan fingerprint density at radius 2 is 1.47 bits per heavy atom. The summed E-state index contributed by atoms with van der Waals surface area (Å²) in [5, 5.41) is 25.5. The Hall–Kier alpha value is -0.690. The first kappa shape index (κ1) is 18.7. The molecule has 17 heavy (non-hydrogen) atoms. The highest BCUT2D eigenvalue weighted by atomic mass is 16.4. The largest absolute Gasteiger partial charge is 0.479 e. The summed E-state index contributed by atoms with van der Waals surface area (Å²) in [6, 6.07) is 0. The van der Waals surface area contributed by atoms with Gasteiger partial charge in [0.25, 0.3) is 0 Å². The summed E-state index contributed by atoms with van der Waals surface area (Å²) in [4.78, 5) is 10.1. The lowest BCUT2D eigenvalue weighted by molar-refractivity contribution is -0.872. The first-order valence-corrected chi connectivity index (χ1v) is 5.51. The van der Waals surface area contributed by atoms with E-state index in [9.17, 15) is 4.79 Å². The first-order chi connectivity index (χ1) is 7.39. The molecule has 0 fully saturated rings. The van der Waals surface area contributed by atoms with Crippen LogP contribution >= 0.6 is 0 Å². The molecule has 0 bridgehead atoms. The van der Waals surface area contributed by atoms with Crippen LogP contribution in [0.15, 0.2) is 0 Å². The van der Waals surface area contributed by atoms with Crippen LogP contribution in [0.25, 0.3) is 0 Å². The molecule has 0 aromatic rings. The number of aliphatic hydroxyl groups is 2. The third-order valence-corrected chi connectivity index (χ3v) is 1.78. The molecule has 0 aliphatic rings. The van der Waals surface area contributed by atoms with Crippen LogP contribution in [-0.2, 0) is 4.79 Å². The highest BCUT2D eigenvalue weighted by molar-refractivity contribution is 5.71. The van der Waals surface area contributed by atoms with Gasteiger partial charge in [-0.25, -0.2) is 4.79 Å². The molecule has 0 aliphatic heterocycles. The Kier molecular flexibility index (Phi) is 8.35. The van der Waals surface area contributed by atoms with E-state index in [2.05, 4.69) is 21.1 Å². The predicted octanol–water partition coefficient (Wildman–Crippen LogP) is -1.18. The van der Waals surface area contributed by atoms with Crippen LogP contribution in [0.5, 0.6) is 0 Å². The summed E-state index contributed by atoms with van der Waals surface area (Å²) in [6.45, 7) is 1.35. The zero-order chi connectivity index (χ0) is 14.3. The Bertz CT molecular complexity index is 218. The minimum Gasteiger partial charge on any atom is -0.479 e. The fourth-order valence-corrected chi connectivity index (χ4v) is 0.897. The summed E-state index contributed by atoms with van der Waals surface area (Å²) in [6.07, 6.45) is -1.25. The zero-order valence-corrected chi connectivity index (χ0v) is 11.8. The van der Waals surface area contributed by atoms with Crippen molar-refractivity contribution < 1.29 is 29.1 Å². The van der Waals surface area contributed by atoms with Gasteiger partial charge >= 0.3 is 5.97 Å². The van der Waals surface area contributed by atoms with Gasteiger partial charge < -0.3 is 24.3 Å². The minimum absolute atomic E-state index is 0.231. The molecule has 1 atom stereocenters. The molecule has 0 aromatic carbocycles. The number of rotatable bonds is 5. The number of aliphatic hydroxyl groups excluding tert-OH is 2. The molecule has 0 saturated carbocycles. The van der Waals surface area contributed by atoms with Gasteiger partial charge in [-0.2, -0.15) is 0 Å². The van der Waals surface area contributed by atoms with E-state index in [1.165, 1.54) is 0 Å². The van der Waals surface area contributed by atoms with Crippen molar-refractivity contribution in [1.82, 2.24) is 0 Å². The van der Waals surface area contributed by atoms with E-state index < -0.39 is 12.1 Å². The number of likely N-dealkylation sites (N-methyl/N-ethyl adjacent to an activating group) is 2. The first-order valence-electron chi connectivity index (χ1n) is 5.51. The van der Waals surface area contributed by atoms with Gasteiger partial charge in [-0.1, -0.05) is 0 Å². The molecule has 3 N–H and O–H groups in total. The lowest BCUT2D eigenvalue weighted by Gasteiger charge is -2.24. The van der Waals surface area contributed by atoms with E-state index in [4.69, 9.17) is 15.3 Å². The van der Waals surface area contributed by atoms with E-state index >= 15 is 0 Å². The summed E-state index contributed by atoms with van der Waals surface area (Å²) >= 11 is 0. The second-order valence-corrected chi connectivity index (χ2v) is 6.06. The van der Waals surface area contributed by atoms with Crippen molar-refractivity contribution in [2.75, 3.05) is 62.0 Å². The topological polar surface area (TPSA) is 77.8 Å². The molecule has 6 nitrogen and oxygen atoms in total. The molecule has 0 aliphatic carbocycles. The van der Waals surface area contributed by atoms with Crippen LogP contribution < -0.4 is 0 Å². The number of carboxylic acid groups (broad SMARTS) is 1. The van der Waals surface area contributed by atoms with E-state index in [1.54, 1.807) is 0 Å². The fraction of sp³-hybridized carbons (Fsp3) is 0.909. The summed E-state index contributed by atoms with van der Waals surface area (Å²) in [7, 11) is 11.6. The molecular formula is C11H28N2O4+2. The second-order valence-electron chi connectivity index (χ2n) is 6.06. The van der Waals surface area contributed by atoms with E-state index in [-0.39, 0.29) is 13.2 Å². The number of aliphatic carboxylic acids is 1. The van der Waals surface area contributed by atoms with Gasteiger partial charge in [0.05, 0.1) is 48.9 Å². The molecule has 1 unspecified atom stereocenters. The number of quaternary nitrogens is 2. The normalized spacial score (nSPS) is 13.6. The van der Waals surface area contributed by atoms with Gasteiger partial charge in [0.2, 0.25) is 6.10 Å². The Labute approximate surface area is 104 Å². The van der Waals surface area contributed by atoms with Crippen molar-refractivity contribution in [2.24, 2.45) is 0 Å². The molecule has 104 valence electrons.